The molecule has 1 nitrogen and oxygen atoms in total. The molecule has 0 amide bonds. The van der Waals surface area contributed by atoms with E-state index >= 15 is 0 Å². The number of rotatable bonds is 5. The van der Waals surface area contributed by atoms with Gasteiger partial charge in [0.25, 0.3) is 0 Å². The van der Waals surface area contributed by atoms with E-state index in [1.165, 1.54) is 18.4 Å². The van der Waals surface area contributed by atoms with E-state index in [9.17, 15) is 0 Å². The molecule has 0 radical (unpaired) electrons. The van der Waals surface area contributed by atoms with E-state index in [2.05, 4.69) is 24.4 Å². The Hall–Kier alpha value is -0.530. The molecule has 0 saturated heterocycles. The van der Waals surface area contributed by atoms with Gasteiger partial charge in [0.05, 0.1) is 0 Å². The molecule has 1 atom stereocenters. The fourth-order valence-electron chi connectivity index (χ4n) is 2.65. The second-order valence-electron chi connectivity index (χ2n) is 5.27. The summed E-state index contributed by atoms with van der Waals surface area (Å²) in [6.07, 6.45) is 3.90. The van der Waals surface area contributed by atoms with Gasteiger partial charge in [-0.15, -0.1) is 0 Å². The van der Waals surface area contributed by atoms with Crippen LogP contribution >= 0.6 is 11.6 Å². The summed E-state index contributed by atoms with van der Waals surface area (Å²) in [6.45, 7) is 3.48. The largest absolute Gasteiger partial charge is 0.319 e. The van der Waals surface area contributed by atoms with E-state index in [4.69, 9.17) is 11.6 Å². The molecule has 16 heavy (non-hydrogen) atoms. The zero-order chi connectivity index (χ0) is 11.6. The molecule has 88 valence electrons. The van der Waals surface area contributed by atoms with E-state index in [1.807, 2.05) is 19.2 Å². The lowest BCUT2D eigenvalue weighted by molar-refractivity contribution is 0.263. The average molecular weight is 238 g/mol. The fourth-order valence-corrected chi connectivity index (χ4v) is 2.86. The van der Waals surface area contributed by atoms with Crippen LogP contribution in [0.1, 0.15) is 25.3 Å². The van der Waals surface area contributed by atoms with Gasteiger partial charge in [-0.05, 0) is 55.3 Å². The molecule has 2 heteroatoms. The third kappa shape index (κ3) is 2.78. The van der Waals surface area contributed by atoms with E-state index < -0.39 is 0 Å². The van der Waals surface area contributed by atoms with Gasteiger partial charge in [0, 0.05) is 11.6 Å². The number of halogens is 1. The van der Waals surface area contributed by atoms with Crippen LogP contribution in [0.4, 0.5) is 0 Å². The van der Waals surface area contributed by atoms with Gasteiger partial charge in [-0.25, -0.2) is 0 Å². The van der Waals surface area contributed by atoms with Crippen LogP contribution in [-0.2, 0) is 6.42 Å². The Kier molecular flexibility index (Phi) is 3.56. The first-order chi connectivity index (χ1) is 7.64. The SMILES string of the molecule is CNCC(C)(Cc1cccc(Cl)c1)C1CC1. The molecule has 1 aromatic carbocycles. The minimum Gasteiger partial charge on any atom is -0.319 e. The van der Waals surface area contributed by atoms with Crippen LogP contribution in [0.5, 0.6) is 0 Å². The summed E-state index contributed by atoms with van der Waals surface area (Å²) in [5.41, 5.74) is 1.75. The number of hydrogen-bond donors (Lipinski definition) is 1. The monoisotopic (exact) mass is 237 g/mol. The van der Waals surface area contributed by atoms with Crippen LogP contribution in [0.3, 0.4) is 0 Å². The van der Waals surface area contributed by atoms with E-state index in [0.29, 0.717) is 5.41 Å². The summed E-state index contributed by atoms with van der Waals surface area (Å²) in [6, 6.07) is 8.27. The number of benzene rings is 1. The quantitative estimate of drug-likeness (QED) is 0.827. The van der Waals surface area contributed by atoms with Crippen molar-refractivity contribution < 1.29 is 0 Å². The highest BCUT2D eigenvalue weighted by molar-refractivity contribution is 6.30. The van der Waals surface area contributed by atoms with Gasteiger partial charge in [0.2, 0.25) is 0 Å². The van der Waals surface area contributed by atoms with E-state index in [-0.39, 0.29) is 0 Å². The Morgan fingerprint density at radius 2 is 2.19 bits per heavy atom. The third-order valence-electron chi connectivity index (χ3n) is 3.64. The first kappa shape index (κ1) is 11.9. The third-order valence-corrected chi connectivity index (χ3v) is 3.88. The standard InChI is InChI=1S/C14H20ClN/c1-14(10-16-2,12-6-7-12)9-11-4-3-5-13(15)8-11/h3-5,8,12,16H,6-7,9-10H2,1-2H3. The van der Waals surface area contributed by atoms with Crippen molar-refractivity contribution in [1.29, 1.82) is 0 Å². The van der Waals surface area contributed by atoms with Crippen molar-refractivity contribution in [3.63, 3.8) is 0 Å². The second-order valence-corrected chi connectivity index (χ2v) is 5.70. The highest BCUT2D eigenvalue weighted by Gasteiger charge is 2.40. The predicted molar refractivity (Wildman–Crippen MR) is 69.9 cm³/mol. The molecule has 2 rings (SSSR count). The van der Waals surface area contributed by atoms with Crippen molar-refractivity contribution in [3.8, 4) is 0 Å². The van der Waals surface area contributed by atoms with Crippen LogP contribution in [0.2, 0.25) is 5.02 Å². The summed E-state index contributed by atoms with van der Waals surface area (Å²) in [7, 11) is 2.04. The van der Waals surface area contributed by atoms with Crippen LogP contribution in [0.25, 0.3) is 0 Å². The Labute approximate surface area is 103 Å². The van der Waals surface area contributed by atoms with Gasteiger partial charge in [0.1, 0.15) is 0 Å². The molecular weight excluding hydrogens is 218 g/mol. The van der Waals surface area contributed by atoms with Gasteiger partial charge in [-0.1, -0.05) is 30.7 Å². The van der Waals surface area contributed by atoms with Crippen LogP contribution in [0, 0.1) is 11.3 Å². The highest BCUT2D eigenvalue weighted by Crippen LogP contribution is 2.47. The highest BCUT2D eigenvalue weighted by atomic mass is 35.5. The summed E-state index contributed by atoms with van der Waals surface area (Å²) < 4.78 is 0. The molecule has 0 bridgehead atoms. The maximum Gasteiger partial charge on any atom is 0.0408 e. The molecular formula is C14H20ClN. The van der Waals surface area contributed by atoms with Gasteiger partial charge >= 0.3 is 0 Å². The van der Waals surface area contributed by atoms with E-state index in [1.54, 1.807) is 0 Å². The molecule has 1 aliphatic rings. The zero-order valence-electron chi connectivity index (χ0n) is 10.1. The normalized spacial score (nSPS) is 19.4. The predicted octanol–water partition coefficient (Wildman–Crippen LogP) is 3.52. The Morgan fingerprint density at radius 3 is 2.75 bits per heavy atom. The lowest BCUT2D eigenvalue weighted by Crippen LogP contribution is -2.33. The average Bonchev–Trinajstić information content (AvgIpc) is 3.00. The zero-order valence-corrected chi connectivity index (χ0v) is 10.8. The number of hydrogen-bond acceptors (Lipinski definition) is 1. The molecule has 0 aliphatic heterocycles. The summed E-state index contributed by atoms with van der Waals surface area (Å²) in [5.74, 6) is 0.888. The summed E-state index contributed by atoms with van der Waals surface area (Å²) >= 11 is 6.03. The molecule has 1 saturated carbocycles. The topological polar surface area (TPSA) is 12.0 Å². The minimum absolute atomic E-state index is 0.388. The fraction of sp³-hybridized carbons (Fsp3) is 0.571. The first-order valence-electron chi connectivity index (χ1n) is 6.03. The Morgan fingerprint density at radius 1 is 1.44 bits per heavy atom. The summed E-state index contributed by atoms with van der Waals surface area (Å²) in [4.78, 5) is 0. The minimum atomic E-state index is 0.388. The Bertz CT molecular complexity index is 360. The maximum atomic E-state index is 6.03. The molecule has 0 aromatic heterocycles. The van der Waals surface area contributed by atoms with Crippen LogP contribution in [-0.4, -0.2) is 13.6 Å². The summed E-state index contributed by atoms with van der Waals surface area (Å²) in [5, 5.41) is 4.18. The first-order valence-corrected chi connectivity index (χ1v) is 6.41. The van der Waals surface area contributed by atoms with Crippen molar-refractivity contribution in [1.82, 2.24) is 5.32 Å². The van der Waals surface area contributed by atoms with Gasteiger partial charge in [-0.2, -0.15) is 0 Å². The molecule has 1 aromatic rings. The molecule has 1 aliphatic carbocycles. The lowest BCUT2D eigenvalue weighted by atomic mass is 9.79. The molecule has 0 spiro atoms. The van der Waals surface area contributed by atoms with Gasteiger partial charge in [-0.3, -0.25) is 0 Å². The van der Waals surface area contributed by atoms with Crippen LogP contribution in [0.15, 0.2) is 24.3 Å². The van der Waals surface area contributed by atoms with Crippen molar-refractivity contribution in [2.24, 2.45) is 11.3 Å². The van der Waals surface area contributed by atoms with Gasteiger partial charge in [0.15, 0.2) is 0 Å². The second kappa shape index (κ2) is 4.77. The molecule has 1 N–H and O–H groups in total. The van der Waals surface area contributed by atoms with Gasteiger partial charge < -0.3 is 5.32 Å². The van der Waals surface area contributed by atoms with Crippen LogP contribution < -0.4 is 5.32 Å². The molecule has 0 heterocycles. The van der Waals surface area contributed by atoms with Crippen molar-refractivity contribution in [3.05, 3.63) is 34.9 Å². The molecule has 1 unspecified atom stereocenters. The van der Waals surface area contributed by atoms with Crippen molar-refractivity contribution >= 4 is 11.6 Å². The lowest BCUT2D eigenvalue weighted by Gasteiger charge is -2.29. The van der Waals surface area contributed by atoms with E-state index in [0.717, 1.165) is 23.9 Å². The maximum absolute atomic E-state index is 6.03. The smallest absolute Gasteiger partial charge is 0.0408 e. The van der Waals surface area contributed by atoms with Crippen molar-refractivity contribution in [2.45, 2.75) is 26.2 Å². The molecule has 1 fully saturated rings. The Balaban J connectivity index is 2.10. The number of nitrogens with one attached hydrogen (secondary N) is 1. The van der Waals surface area contributed by atoms with Crippen molar-refractivity contribution in [2.75, 3.05) is 13.6 Å².